The first-order valence-corrected chi connectivity index (χ1v) is 8.17. The Bertz CT molecular complexity index is 818. The number of non-ortho nitro benzene ring substituents is 1. The van der Waals surface area contributed by atoms with E-state index in [9.17, 15) is 14.9 Å². The lowest BCUT2D eigenvalue weighted by Crippen LogP contribution is -2.21. The SMILES string of the molecule is COc1ccc([N+](=O)[O-])cc1NC(=O)COc1cc(C)ccc1C(C)C. The number of nitro benzene ring substituents is 1. The van der Waals surface area contributed by atoms with Crippen molar-refractivity contribution in [3.05, 3.63) is 57.6 Å². The molecule has 1 N–H and O–H groups in total. The molecule has 0 aliphatic carbocycles. The van der Waals surface area contributed by atoms with Gasteiger partial charge in [0.2, 0.25) is 0 Å². The van der Waals surface area contributed by atoms with Crippen molar-refractivity contribution in [2.24, 2.45) is 0 Å². The highest BCUT2D eigenvalue weighted by Crippen LogP contribution is 2.30. The van der Waals surface area contributed by atoms with E-state index in [1.54, 1.807) is 0 Å². The van der Waals surface area contributed by atoms with Crippen LogP contribution in [0.3, 0.4) is 0 Å². The van der Waals surface area contributed by atoms with Crippen LogP contribution < -0.4 is 14.8 Å². The lowest BCUT2D eigenvalue weighted by Gasteiger charge is -2.15. The highest BCUT2D eigenvalue weighted by molar-refractivity contribution is 5.93. The number of rotatable bonds is 7. The summed E-state index contributed by atoms with van der Waals surface area (Å²) >= 11 is 0. The fourth-order valence-corrected chi connectivity index (χ4v) is 2.48. The fraction of sp³-hybridized carbons (Fsp3) is 0.316. The summed E-state index contributed by atoms with van der Waals surface area (Å²) in [5.41, 5.74) is 2.13. The normalized spacial score (nSPS) is 10.5. The minimum atomic E-state index is -0.534. The van der Waals surface area contributed by atoms with Crippen molar-refractivity contribution < 1.29 is 19.2 Å². The number of anilines is 1. The van der Waals surface area contributed by atoms with Crippen LogP contribution in [0, 0.1) is 17.0 Å². The van der Waals surface area contributed by atoms with Crippen LogP contribution in [0.4, 0.5) is 11.4 Å². The molecule has 1 amide bonds. The Kier molecular flexibility index (Phi) is 6.16. The summed E-state index contributed by atoms with van der Waals surface area (Å²) in [5, 5.41) is 13.5. The van der Waals surface area contributed by atoms with Gasteiger partial charge in [0.1, 0.15) is 11.5 Å². The second-order valence-corrected chi connectivity index (χ2v) is 6.17. The third-order valence-electron chi connectivity index (χ3n) is 3.82. The van der Waals surface area contributed by atoms with E-state index < -0.39 is 10.8 Å². The summed E-state index contributed by atoms with van der Waals surface area (Å²) in [5.74, 6) is 0.814. The number of methoxy groups -OCH3 is 1. The summed E-state index contributed by atoms with van der Waals surface area (Å²) in [4.78, 5) is 22.6. The third kappa shape index (κ3) is 4.72. The molecule has 138 valence electrons. The Morgan fingerprint density at radius 3 is 2.54 bits per heavy atom. The largest absolute Gasteiger partial charge is 0.495 e. The lowest BCUT2D eigenvalue weighted by atomic mass is 10.0. The van der Waals surface area contributed by atoms with Crippen LogP contribution in [0.2, 0.25) is 0 Å². The second kappa shape index (κ2) is 8.33. The highest BCUT2D eigenvalue weighted by Gasteiger charge is 2.15. The van der Waals surface area contributed by atoms with Gasteiger partial charge in [0.25, 0.3) is 11.6 Å². The van der Waals surface area contributed by atoms with E-state index >= 15 is 0 Å². The Balaban J connectivity index is 2.12. The monoisotopic (exact) mass is 358 g/mol. The summed E-state index contributed by atoms with van der Waals surface area (Å²) in [7, 11) is 1.43. The molecule has 0 aliphatic heterocycles. The molecule has 0 aliphatic rings. The molecule has 0 fully saturated rings. The van der Waals surface area contributed by atoms with Crippen molar-refractivity contribution in [1.29, 1.82) is 0 Å². The second-order valence-electron chi connectivity index (χ2n) is 6.17. The van der Waals surface area contributed by atoms with Crippen LogP contribution in [0.25, 0.3) is 0 Å². The summed E-state index contributed by atoms with van der Waals surface area (Å²) in [6.07, 6.45) is 0. The van der Waals surface area contributed by atoms with Crippen LogP contribution in [0.15, 0.2) is 36.4 Å². The van der Waals surface area contributed by atoms with Crippen molar-refractivity contribution in [1.82, 2.24) is 0 Å². The number of amides is 1. The minimum Gasteiger partial charge on any atom is -0.495 e. The standard InChI is InChI=1S/C19H22N2O5/c1-12(2)15-7-5-13(3)9-18(15)26-11-19(22)20-16-10-14(21(23)24)6-8-17(16)25-4/h5-10,12H,11H2,1-4H3,(H,20,22). The average molecular weight is 358 g/mol. The van der Waals surface area contributed by atoms with Gasteiger partial charge in [-0.1, -0.05) is 26.0 Å². The molecule has 0 spiro atoms. The summed E-state index contributed by atoms with van der Waals surface area (Å²) in [6, 6.07) is 9.87. The smallest absolute Gasteiger partial charge is 0.271 e. The van der Waals surface area contributed by atoms with Crippen molar-refractivity contribution >= 4 is 17.3 Å². The number of nitrogens with one attached hydrogen (secondary N) is 1. The van der Waals surface area contributed by atoms with Gasteiger partial charge in [0.05, 0.1) is 17.7 Å². The Morgan fingerprint density at radius 2 is 1.92 bits per heavy atom. The Morgan fingerprint density at radius 1 is 1.19 bits per heavy atom. The number of aryl methyl sites for hydroxylation is 1. The number of hydrogen-bond donors (Lipinski definition) is 1. The van der Waals surface area contributed by atoms with Crippen molar-refractivity contribution in [2.45, 2.75) is 26.7 Å². The molecule has 0 heterocycles. The maximum Gasteiger partial charge on any atom is 0.271 e. The molecule has 7 heteroatoms. The Hall–Kier alpha value is -3.09. The van der Waals surface area contributed by atoms with E-state index in [0.717, 1.165) is 11.1 Å². The number of ether oxygens (including phenoxy) is 2. The first kappa shape index (κ1) is 19.2. The number of carbonyl (C=O) groups is 1. The van der Waals surface area contributed by atoms with Gasteiger partial charge in [-0.25, -0.2) is 0 Å². The van der Waals surface area contributed by atoms with Crippen LogP contribution in [0.5, 0.6) is 11.5 Å². The van der Waals surface area contributed by atoms with E-state index in [0.29, 0.717) is 11.5 Å². The molecule has 0 bridgehead atoms. The molecule has 2 aromatic rings. The zero-order valence-electron chi connectivity index (χ0n) is 15.2. The predicted octanol–water partition coefficient (Wildman–Crippen LogP) is 4.05. The molecule has 0 saturated heterocycles. The van der Waals surface area contributed by atoms with Crippen molar-refractivity contribution in [2.75, 3.05) is 19.0 Å². The molecule has 2 aromatic carbocycles. The number of nitro groups is 1. The van der Waals surface area contributed by atoms with Crippen LogP contribution in [-0.4, -0.2) is 24.5 Å². The quantitative estimate of drug-likeness (QED) is 0.595. The van der Waals surface area contributed by atoms with Gasteiger partial charge in [0.15, 0.2) is 6.61 Å². The van der Waals surface area contributed by atoms with Gasteiger partial charge >= 0.3 is 0 Å². The molecule has 0 atom stereocenters. The minimum absolute atomic E-state index is 0.136. The Labute approximate surface area is 152 Å². The van der Waals surface area contributed by atoms with Gasteiger partial charge in [-0.3, -0.25) is 14.9 Å². The molecule has 2 rings (SSSR count). The summed E-state index contributed by atoms with van der Waals surface area (Å²) in [6.45, 7) is 5.83. The molecule has 7 nitrogen and oxygen atoms in total. The maximum absolute atomic E-state index is 12.2. The zero-order valence-corrected chi connectivity index (χ0v) is 15.2. The van der Waals surface area contributed by atoms with Gasteiger partial charge < -0.3 is 14.8 Å². The maximum atomic E-state index is 12.2. The molecule has 0 radical (unpaired) electrons. The molecule has 0 saturated carbocycles. The fourth-order valence-electron chi connectivity index (χ4n) is 2.48. The topological polar surface area (TPSA) is 90.7 Å². The van der Waals surface area contributed by atoms with E-state index in [1.165, 1.54) is 25.3 Å². The molecule has 26 heavy (non-hydrogen) atoms. The first-order valence-electron chi connectivity index (χ1n) is 8.17. The molecular formula is C19H22N2O5. The van der Waals surface area contributed by atoms with E-state index in [4.69, 9.17) is 9.47 Å². The van der Waals surface area contributed by atoms with E-state index in [1.807, 2.05) is 39.0 Å². The first-order chi connectivity index (χ1) is 12.3. The van der Waals surface area contributed by atoms with Gasteiger partial charge in [-0.2, -0.15) is 0 Å². The lowest BCUT2D eigenvalue weighted by molar-refractivity contribution is -0.384. The summed E-state index contributed by atoms with van der Waals surface area (Å²) < 4.78 is 10.8. The zero-order chi connectivity index (χ0) is 19.3. The third-order valence-corrected chi connectivity index (χ3v) is 3.82. The molecular weight excluding hydrogens is 336 g/mol. The van der Waals surface area contributed by atoms with E-state index in [2.05, 4.69) is 5.32 Å². The number of benzene rings is 2. The number of hydrogen-bond acceptors (Lipinski definition) is 5. The van der Waals surface area contributed by atoms with Crippen LogP contribution >= 0.6 is 0 Å². The average Bonchev–Trinajstić information content (AvgIpc) is 2.59. The van der Waals surface area contributed by atoms with Crippen LogP contribution in [0.1, 0.15) is 30.9 Å². The highest BCUT2D eigenvalue weighted by atomic mass is 16.6. The van der Waals surface area contributed by atoms with Crippen molar-refractivity contribution in [3.63, 3.8) is 0 Å². The number of carbonyl (C=O) groups excluding carboxylic acids is 1. The van der Waals surface area contributed by atoms with Gasteiger partial charge in [0, 0.05) is 12.1 Å². The van der Waals surface area contributed by atoms with Crippen LogP contribution in [-0.2, 0) is 4.79 Å². The van der Waals surface area contributed by atoms with Gasteiger partial charge in [-0.15, -0.1) is 0 Å². The molecule has 0 unspecified atom stereocenters. The van der Waals surface area contributed by atoms with Crippen molar-refractivity contribution in [3.8, 4) is 11.5 Å². The van der Waals surface area contributed by atoms with Gasteiger partial charge in [-0.05, 0) is 36.1 Å². The van der Waals surface area contributed by atoms with E-state index in [-0.39, 0.29) is 23.9 Å². The molecule has 0 aromatic heterocycles. The predicted molar refractivity (Wildman–Crippen MR) is 99.0 cm³/mol. The number of nitrogens with zero attached hydrogens (tertiary/aromatic N) is 1.